The fourth-order valence-electron chi connectivity index (χ4n) is 3.35. The van der Waals surface area contributed by atoms with E-state index in [0.29, 0.717) is 10.9 Å². The van der Waals surface area contributed by atoms with E-state index in [0.717, 1.165) is 16.8 Å². The van der Waals surface area contributed by atoms with E-state index in [-0.39, 0.29) is 23.4 Å². The third kappa shape index (κ3) is 3.68. The summed E-state index contributed by atoms with van der Waals surface area (Å²) in [5, 5.41) is 13.6. The Balaban J connectivity index is 2.01. The molecule has 1 aromatic heterocycles. The molecular weight excluding hydrogens is 436 g/mol. The molecule has 0 fully saturated rings. The van der Waals surface area contributed by atoms with Crippen LogP contribution in [-0.4, -0.2) is 20.8 Å². The Bertz CT molecular complexity index is 1310. The van der Waals surface area contributed by atoms with Gasteiger partial charge in [-0.2, -0.15) is 23.0 Å². The van der Waals surface area contributed by atoms with Crippen molar-refractivity contribution in [1.29, 1.82) is 0 Å². The Morgan fingerprint density at radius 2 is 1.81 bits per heavy atom. The van der Waals surface area contributed by atoms with Crippen LogP contribution in [0.1, 0.15) is 21.5 Å². The maximum Gasteiger partial charge on any atom is 0.417 e. The number of rotatable bonds is 3. The normalized spacial score (nSPS) is 11.8. The molecule has 0 aliphatic carbocycles. The minimum atomic E-state index is -4.83. The Morgan fingerprint density at radius 3 is 2.48 bits per heavy atom. The fraction of sp³-hybridized carbons (Fsp3) is 0.0909. The summed E-state index contributed by atoms with van der Waals surface area (Å²) in [4.78, 5) is 13.2. The molecule has 3 aromatic carbocycles. The number of aromatic nitrogens is 2. The van der Waals surface area contributed by atoms with E-state index in [2.05, 4.69) is 5.10 Å². The van der Waals surface area contributed by atoms with Gasteiger partial charge in [-0.3, -0.25) is 4.79 Å². The highest BCUT2D eigenvalue weighted by atomic mass is 35.5. The molecule has 1 heterocycles. The lowest BCUT2D eigenvalue weighted by Gasteiger charge is -2.13. The molecule has 4 nitrogen and oxygen atoms in total. The van der Waals surface area contributed by atoms with Gasteiger partial charge in [-0.05, 0) is 35.9 Å². The molecule has 0 aliphatic rings. The summed E-state index contributed by atoms with van der Waals surface area (Å²) in [5.74, 6) is -1.73. The number of hydrogen-bond donors (Lipinski definition) is 1. The molecule has 4 aromatic rings. The minimum absolute atomic E-state index is 0.0750. The van der Waals surface area contributed by atoms with Crippen LogP contribution in [0.15, 0.2) is 60.7 Å². The zero-order valence-corrected chi connectivity index (χ0v) is 16.4. The first kappa shape index (κ1) is 21.0. The van der Waals surface area contributed by atoms with Gasteiger partial charge in [0.15, 0.2) is 0 Å². The summed E-state index contributed by atoms with van der Waals surface area (Å²) >= 11 is 5.98. The summed E-state index contributed by atoms with van der Waals surface area (Å²) in [6.45, 7) is -0.371. The van der Waals surface area contributed by atoms with Gasteiger partial charge in [0.2, 0.25) is 0 Å². The summed E-state index contributed by atoms with van der Waals surface area (Å²) in [6.07, 6.45) is -4.83. The lowest BCUT2D eigenvalue weighted by Crippen LogP contribution is -2.20. The molecule has 1 N–H and O–H groups in total. The van der Waals surface area contributed by atoms with Crippen LogP contribution in [0.2, 0.25) is 5.02 Å². The van der Waals surface area contributed by atoms with Crippen LogP contribution >= 0.6 is 11.6 Å². The molecule has 0 saturated heterocycles. The first-order chi connectivity index (χ1) is 14.7. The van der Waals surface area contributed by atoms with Gasteiger partial charge < -0.3 is 5.11 Å². The molecule has 158 valence electrons. The van der Waals surface area contributed by atoms with Gasteiger partial charge in [0.25, 0.3) is 5.91 Å². The van der Waals surface area contributed by atoms with Crippen LogP contribution in [0.5, 0.6) is 0 Å². The predicted octanol–water partition coefficient (Wildman–Crippen LogP) is 5.70. The second kappa shape index (κ2) is 7.79. The Morgan fingerprint density at radius 1 is 1.06 bits per heavy atom. The summed E-state index contributed by atoms with van der Waals surface area (Å²) in [5.41, 5.74) is -1.31. The number of nitrogens with zero attached hydrogens (tertiary/aromatic N) is 2. The van der Waals surface area contributed by atoms with Gasteiger partial charge >= 0.3 is 6.18 Å². The van der Waals surface area contributed by atoms with E-state index in [4.69, 9.17) is 11.6 Å². The minimum Gasteiger partial charge on any atom is -0.392 e. The van der Waals surface area contributed by atoms with Crippen LogP contribution in [0, 0.1) is 5.82 Å². The van der Waals surface area contributed by atoms with Gasteiger partial charge in [0.05, 0.1) is 28.3 Å². The maximum absolute atomic E-state index is 14.4. The van der Waals surface area contributed by atoms with Crippen molar-refractivity contribution in [2.45, 2.75) is 12.8 Å². The lowest BCUT2D eigenvalue weighted by molar-refractivity contribution is -0.137. The summed E-state index contributed by atoms with van der Waals surface area (Å²) in [7, 11) is 0. The average Bonchev–Trinajstić information content (AvgIpc) is 3.11. The van der Waals surface area contributed by atoms with E-state index >= 15 is 0 Å². The second-order valence-corrected chi connectivity index (χ2v) is 7.12. The van der Waals surface area contributed by atoms with Crippen LogP contribution in [0.25, 0.3) is 22.2 Å². The van der Waals surface area contributed by atoms with Crippen LogP contribution in [-0.2, 0) is 12.8 Å². The highest BCUT2D eigenvalue weighted by molar-refractivity contribution is 6.34. The van der Waals surface area contributed by atoms with Gasteiger partial charge in [-0.15, -0.1) is 0 Å². The number of halogens is 5. The largest absolute Gasteiger partial charge is 0.417 e. The van der Waals surface area contributed by atoms with Crippen molar-refractivity contribution in [2.75, 3.05) is 0 Å². The topological polar surface area (TPSA) is 55.1 Å². The van der Waals surface area contributed by atoms with Crippen molar-refractivity contribution in [3.63, 3.8) is 0 Å². The number of hydrogen-bond acceptors (Lipinski definition) is 3. The standard InChI is InChI=1S/C22H13ClF4N2O2/c23-16-6-3-5-15(22(25,26)27)19(16)21(31)29-18-10-12(11-30)8-9-14(18)20(28-29)13-4-1-2-7-17(13)24/h1-10,30H,11H2. The van der Waals surface area contributed by atoms with Crippen molar-refractivity contribution < 1.29 is 27.5 Å². The molecule has 31 heavy (non-hydrogen) atoms. The third-order valence-electron chi connectivity index (χ3n) is 4.78. The first-order valence-corrected chi connectivity index (χ1v) is 9.38. The Labute approximate surface area is 178 Å². The number of alkyl halides is 3. The van der Waals surface area contributed by atoms with E-state index in [9.17, 15) is 27.5 Å². The van der Waals surface area contributed by atoms with Crippen LogP contribution in [0.4, 0.5) is 17.6 Å². The van der Waals surface area contributed by atoms with Gasteiger partial charge in [0.1, 0.15) is 11.5 Å². The quantitative estimate of drug-likeness (QED) is 0.409. The van der Waals surface area contributed by atoms with Crippen molar-refractivity contribution in [3.05, 3.63) is 88.2 Å². The molecule has 0 unspecified atom stereocenters. The summed E-state index contributed by atoms with van der Waals surface area (Å²) < 4.78 is 55.8. The van der Waals surface area contributed by atoms with Crippen molar-refractivity contribution in [3.8, 4) is 11.3 Å². The average molecular weight is 449 g/mol. The molecule has 0 amide bonds. The number of aliphatic hydroxyl groups is 1. The number of carbonyl (C=O) groups excluding carboxylic acids is 1. The molecule has 0 saturated carbocycles. The second-order valence-electron chi connectivity index (χ2n) is 6.72. The first-order valence-electron chi connectivity index (χ1n) is 9.00. The molecule has 9 heteroatoms. The van der Waals surface area contributed by atoms with Crippen molar-refractivity contribution in [1.82, 2.24) is 9.78 Å². The third-order valence-corrected chi connectivity index (χ3v) is 5.10. The molecule has 0 radical (unpaired) electrons. The van der Waals surface area contributed by atoms with Crippen LogP contribution in [0.3, 0.4) is 0 Å². The number of aliphatic hydroxyl groups excluding tert-OH is 1. The van der Waals surface area contributed by atoms with E-state index in [1.807, 2.05) is 0 Å². The Hall–Kier alpha value is -3.23. The van der Waals surface area contributed by atoms with Gasteiger partial charge in [-0.25, -0.2) is 4.39 Å². The molecule has 0 atom stereocenters. The zero-order chi connectivity index (χ0) is 22.3. The SMILES string of the molecule is O=C(c1c(Cl)cccc1C(F)(F)F)n1nc(-c2ccccc2F)c2ccc(CO)cc21. The maximum atomic E-state index is 14.4. The molecular formula is C22H13ClF4N2O2. The van der Waals surface area contributed by atoms with E-state index in [1.54, 1.807) is 12.1 Å². The molecule has 0 bridgehead atoms. The Kier molecular flexibility index (Phi) is 5.28. The van der Waals surface area contributed by atoms with Gasteiger partial charge in [0, 0.05) is 10.9 Å². The number of fused-ring (bicyclic) bond motifs is 1. The molecule has 0 aliphatic heterocycles. The number of carbonyl (C=O) groups is 1. The van der Waals surface area contributed by atoms with E-state index < -0.39 is 34.1 Å². The van der Waals surface area contributed by atoms with E-state index in [1.165, 1.54) is 36.4 Å². The monoisotopic (exact) mass is 448 g/mol. The van der Waals surface area contributed by atoms with Crippen LogP contribution < -0.4 is 0 Å². The highest BCUT2D eigenvalue weighted by Gasteiger charge is 2.37. The smallest absolute Gasteiger partial charge is 0.392 e. The lowest BCUT2D eigenvalue weighted by atomic mass is 10.0. The number of benzene rings is 3. The fourth-order valence-corrected chi connectivity index (χ4v) is 3.60. The zero-order valence-electron chi connectivity index (χ0n) is 15.6. The van der Waals surface area contributed by atoms with Crippen molar-refractivity contribution >= 4 is 28.4 Å². The molecule has 0 spiro atoms. The van der Waals surface area contributed by atoms with Gasteiger partial charge in [-0.1, -0.05) is 41.9 Å². The molecule has 4 rings (SSSR count). The van der Waals surface area contributed by atoms with Crippen molar-refractivity contribution in [2.24, 2.45) is 0 Å². The summed E-state index contributed by atoms with van der Waals surface area (Å²) in [6, 6.07) is 13.2. The highest BCUT2D eigenvalue weighted by Crippen LogP contribution is 2.37. The predicted molar refractivity (Wildman–Crippen MR) is 107 cm³/mol.